The minimum atomic E-state index is -1.30. The molecule has 2 aromatic carbocycles. The summed E-state index contributed by atoms with van der Waals surface area (Å²) < 4.78 is 0. The highest BCUT2D eigenvalue weighted by Crippen LogP contribution is 2.60. The van der Waals surface area contributed by atoms with E-state index < -0.39 is 11.2 Å². The fraction of sp³-hybridized carbons (Fsp3) is 0.417. The number of phenols is 1. The molecular weight excluding hydrogens is 336 g/mol. The van der Waals surface area contributed by atoms with Gasteiger partial charge in [0.15, 0.2) is 0 Å². The molecule has 1 saturated carbocycles. The lowest BCUT2D eigenvalue weighted by Gasteiger charge is -2.58. The van der Waals surface area contributed by atoms with E-state index >= 15 is 0 Å². The van der Waals surface area contributed by atoms with Gasteiger partial charge < -0.3 is 15.3 Å². The van der Waals surface area contributed by atoms with E-state index in [-0.39, 0.29) is 17.1 Å². The van der Waals surface area contributed by atoms with Crippen molar-refractivity contribution >= 4 is 5.57 Å². The average molecular weight is 364 g/mol. The number of aliphatic hydroxyl groups is 2. The van der Waals surface area contributed by atoms with Crippen LogP contribution in [0.2, 0.25) is 0 Å². The zero-order valence-corrected chi connectivity index (χ0v) is 16.2. The van der Waals surface area contributed by atoms with Gasteiger partial charge >= 0.3 is 0 Å². The van der Waals surface area contributed by atoms with Crippen LogP contribution in [0.25, 0.3) is 5.57 Å². The number of hydrogen-bond donors (Lipinski definition) is 3. The summed E-state index contributed by atoms with van der Waals surface area (Å²) in [6.07, 6.45) is 4.03. The summed E-state index contributed by atoms with van der Waals surface area (Å²) >= 11 is 0. The average Bonchev–Trinajstić information content (AvgIpc) is 2.64. The Kier molecular flexibility index (Phi) is 4.03. The molecule has 3 heteroatoms. The smallest absolute Gasteiger partial charge is 0.119 e. The molecule has 142 valence electrons. The maximum atomic E-state index is 11.7. The molecule has 0 saturated heterocycles. The summed E-state index contributed by atoms with van der Waals surface area (Å²) in [5.74, 6) is 0.375. The molecule has 27 heavy (non-hydrogen) atoms. The van der Waals surface area contributed by atoms with Gasteiger partial charge in [-0.1, -0.05) is 49.4 Å². The number of fused-ring (bicyclic) bond motifs is 3. The fourth-order valence-corrected chi connectivity index (χ4v) is 5.54. The molecule has 0 bridgehead atoms. The van der Waals surface area contributed by atoms with E-state index in [4.69, 9.17) is 0 Å². The van der Waals surface area contributed by atoms with Gasteiger partial charge in [-0.2, -0.15) is 0 Å². The molecule has 0 amide bonds. The summed E-state index contributed by atoms with van der Waals surface area (Å²) in [6.45, 7) is 5.98. The first-order valence-electron chi connectivity index (χ1n) is 9.76. The molecule has 3 N–H and O–H groups in total. The largest absolute Gasteiger partial charge is 0.508 e. The van der Waals surface area contributed by atoms with Gasteiger partial charge in [-0.15, -0.1) is 0 Å². The molecule has 2 aliphatic carbocycles. The van der Waals surface area contributed by atoms with E-state index in [0.29, 0.717) is 12.8 Å². The van der Waals surface area contributed by atoms with Crippen LogP contribution in [0, 0.1) is 5.92 Å². The molecule has 2 aliphatic rings. The second-order valence-corrected chi connectivity index (χ2v) is 8.58. The highest BCUT2D eigenvalue weighted by Gasteiger charge is 2.60. The van der Waals surface area contributed by atoms with Crippen LogP contribution in [0.15, 0.2) is 54.6 Å². The summed E-state index contributed by atoms with van der Waals surface area (Å²) in [6, 6.07) is 15.1. The van der Waals surface area contributed by atoms with Gasteiger partial charge in [-0.05, 0) is 73.4 Å². The van der Waals surface area contributed by atoms with Gasteiger partial charge in [-0.25, -0.2) is 0 Å². The zero-order valence-electron chi connectivity index (χ0n) is 16.2. The van der Waals surface area contributed by atoms with E-state index in [1.807, 2.05) is 42.5 Å². The van der Waals surface area contributed by atoms with Crippen LogP contribution in [0.1, 0.15) is 56.7 Å². The number of benzene rings is 2. The maximum Gasteiger partial charge on any atom is 0.119 e. The van der Waals surface area contributed by atoms with Crippen LogP contribution in [0.5, 0.6) is 5.75 Å². The second kappa shape index (κ2) is 5.95. The number of allylic oxidation sites excluding steroid dienone is 2. The predicted octanol–water partition coefficient (Wildman–Crippen LogP) is 4.51. The van der Waals surface area contributed by atoms with Crippen molar-refractivity contribution in [3.63, 3.8) is 0 Å². The van der Waals surface area contributed by atoms with E-state index in [1.54, 1.807) is 13.0 Å². The van der Waals surface area contributed by atoms with Crippen molar-refractivity contribution < 1.29 is 15.3 Å². The number of phenolic OH excluding ortho intramolecular Hbond substituents is 1. The van der Waals surface area contributed by atoms with Crippen LogP contribution < -0.4 is 0 Å². The van der Waals surface area contributed by atoms with Crippen LogP contribution in [-0.4, -0.2) is 20.9 Å². The van der Waals surface area contributed by atoms with Crippen LogP contribution in [0.3, 0.4) is 0 Å². The molecule has 0 aromatic heterocycles. The van der Waals surface area contributed by atoms with Gasteiger partial charge in [0.05, 0.1) is 5.60 Å². The Balaban J connectivity index is 1.89. The Morgan fingerprint density at radius 2 is 1.78 bits per heavy atom. The maximum absolute atomic E-state index is 11.7. The summed E-state index contributed by atoms with van der Waals surface area (Å²) in [5, 5.41) is 33.2. The third-order valence-corrected chi connectivity index (χ3v) is 7.07. The van der Waals surface area contributed by atoms with E-state index in [9.17, 15) is 15.3 Å². The molecule has 4 rings (SSSR count). The first-order valence-corrected chi connectivity index (χ1v) is 9.76. The molecule has 2 aromatic rings. The quantitative estimate of drug-likeness (QED) is 0.735. The Morgan fingerprint density at radius 1 is 1.07 bits per heavy atom. The number of aromatic hydroxyl groups is 1. The highest BCUT2D eigenvalue weighted by molar-refractivity contribution is 5.72. The van der Waals surface area contributed by atoms with Crippen molar-refractivity contribution in [2.75, 3.05) is 0 Å². The minimum absolute atomic E-state index is 0.116. The lowest BCUT2D eigenvalue weighted by molar-refractivity contribution is -0.198. The van der Waals surface area contributed by atoms with Gasteiger partial charge in [0.1, 0.15) is 11.4 Å². The van der Waals surface area contributed by atoms with Crippen LogP contribution >= 0.6 is 0 Å². The number of rotatable bonds is 2. The third kappa shape index (κ3) is 2.49. The van der Waals surface area contributed by atoms with E-state index in [1.165, 1.54) is 5.56 Å². The topological polar surface area (TPSA) is 60.7 Å². The Bertz CT molecular complexity index is 899. The van der Waals surface area contributed by atoms with Gasteiger partial charge in [-0.3, -0.25) is 0 Å². The Labute approximate surface area is 161 Å². The van der Waals surface area contributed by atoms with Crippen molar-refractivity contribution in [2.45, 2.75) is 56.7 Å². The lowest BCUT2D eigenvalue weighted by Crippen LogP contribution is -2.61. The summed E-state index contributed by atoms with van der Waals surface area (Å²) in [5.41, 5.74) is 1.27. The molecule has 4 atom stereocenters. The first-order chi connectivity index (χ1) is 12.7. The molecule has 0 spiro atoms. The van der Waals surface area contributed by atoms with Crippen molar-refractivity contribution in [3.05, 3.63) is 71.3 Å². The molecule has 3 nitrogen and oxygen atoms in total. The molecule has 0 aliphatic heterocycles. The molecule has 3 unspecified atom stereocenters. The second-order valence-electron chi connectivity index (χ2n) is 8.58. The van der Waals surface area contributed by atoms with Crippen LogP contribution in [-0.2, 0) is 11.0 Å². The predicted molar refractivity (Wildman–Crippen MR) is 107 cm³/mol. The fourth-order valence-electron chi connectivity index (χ4n) is 5.54. The van der Waals surface area contributed by atoms with Crippen molar-refractivity contribution in [1.82, 2.24) is 0 Å². The molecular formula is C24H28O3. The minimum Gasteiger partial charge on any atom is -0.508 e. The van der Waals surface area contributed by atoms with E-state index in [2.05, 4.69) is 19.9 Å². The van der Waals surface area contributed by atoms with E-state index in [0.717, 1.165) is 23.1 Å². The van der Waals surface area contributed by atoms with Gasteiger partial charge in [0, 0.05) is 5.41 Å². The third-order valence-electron chi connectivity index (χ3n) is 7.07. The van der Waals surface area contributed by atoms with Gasteiger partial charge in [0.25, 0.3) is 0 Å². The van der Waals surface area contributed by atoms with Crippen LogP contribution in [0.4, 0.5) is 0 Å². The molecule has 1 fully saturated rings. The van der Waals surface area contributed by atoms with Crippen molar-refractivity contribution in [3.8, 4) is 5.75 Å². The normalized spacial score (nSPS) is 35.1. The lowest BCUT2D eigenvalue weighted by atomic mass is 9.49. The number of hydrogen-bond acceptors (Lipinski definition) is 3. The Morgan fingerprint density at radius 3 is 2.44 bits per heavy atom. The highest BCUT2D eigenvalue weighted by atomic mass is 16.4. The van der Waals surface area contributed by atoms with Crippen molar-refractivity contribution in [1.29, 1.82) is 0 Å². The first kappa shape index (κ1) is 18.3. The molecule has 0 heterocycles. The Hall–Kier alpha value is -2.10. The SMILES string of the molecule is CCC12CC(C)(O)C(O)(c3ccccc3)C[C@H]1C=C(C)c1cc(O)ccc12. The zero-order chi connectivity index (χ0) is 19.4. The summed E-state index contributed by atoms with van der Waals surface area (Å²) in [4.78, 5) is 0. The standard InChI is InChI=1S/C24H28O3/c1-4-23-15-22(3,26)24(27,17-8-6-5-7-9-17)14-18(23)12-16(2)20-13-19(25)10-11-21(20)23/h5-13,18,25-27H,4,14-15H2,1-3H3/t18-,22?,23?,24?/m1/s1. The van der Waals surface area contributed by atoms with Crippen molar-refractivity contribution in [2.24, 2.45) is 5.92 Å². The molecule has 0 radical (unpaired) electrons. The van der Waals surface area contributed by atoms with Gasteiger partial charge in [0.2, 0.25) is 0 Å². The summed E-state index contributed by atoms with van der Waals surface area (Å²) in [7, 11) is 0. The monoisotopic (exact) mass is 364 g/mol.